The van der Waals surface area contributed by atoms with Gasteiger partial charge in [-0.2, -0.15) is 0 Å². The molecule has 2 aromatic carbocycles. The van der Waals surface area contributed by atoms with Crippen molar-refractivity contribution in [1.29, 1.82) is 0 Å². The van der Waals surface area contributed by atoms with Crippen LogP contribution in [0, 0.1) is 12.7 Å². The van der Waals surface area contributed by atoms with E-state index in [4.69, 9.17) is 9.47 Å². The molecule has 0 saturated carbocycles. The number of esters is 1. The first-order valence-corrected chi connectivity index (χ1v) is 7.46. The molecule has 1 N–H and O–H groups in total. The summed E-state index contributed by atoms with van der Waals surface area (Å²) in [7, 11) is 0. The molecule has 0 spiro atoms. The highest BCUT2D eigenvalue weighted by molar-refractivity contribution is 5.96. The van der Waals surface area contributed by atoms with Crippen molar-refractivity contribution in [2.24, 2.45) is 0 Å². The second kappa shape index (κ2) is 8.10. The summed E-state index contributed by atoms with van der Waals surface area (Å²) in [4.78, 5) is 23.7. The van der Waals surface area contributed by atoms with Crippen molar-refractivity contribution in [3.63, 3.8) is 0 Å². The predicted octanol–water partition coefficient (Wildman–Crippen LogP) is 3.33. The minimum absolute atomic E-state index is 0.0561. The average molecular weight is 331 g/mol. The van der Waals surface area contributed by atoms with Gasteiger partial charge < -0.3 is 14.8 Å². The number of halogens is 1. The van der Waals surface area contributed by atoms with Crippen LogP contribution in [0.15, 0.2) is 42.5 Å². The second-order valence-corrected chi connectivity index (χ2v) is 5.02. The van der Waals surface area contributed by atoms with Gasteiger partial charge >= 0.3 is 5.97 Å². The van der Waals surface area contributed by atoms with E-state index in [9.17, 15) is 14.0 Å². The summed E-state index contributed by atoms with van der Waals surface area (Å²) in [6.07, 6.45) is 0. The Kier molecular flexibility index (Phi) is 5.89. The van der Waals surface area contributed by atoms with Crippen molar-refractivity contribution in [3.05, 3.63) is 59.4 Å². The molecule has 0 unspecified atom stereocenters. The molecule has 0 saturated heterocycles. The van der Waals surface area contributed by atoms with E-state index < -0.39 is 24.3 Å². The molecule has 1 amide bonds. The van der Waals surface area contributed by atoms with E-state index in [1.54, 1.807) is 31.2 Å². The summed E-state index contributed by atoms with van der Waals surface area (Å²) in [5.74, 6) is -1.25. The lowest BCUT2D eigenvalue weighted by Gasteiger charge is -2.11. The third kappa shape index (κ3) is 4.55. The first kappa shape index (κ1) is 17.5. The van der Waals surface area contributed by atoms with Crippen molar-refractivity contribution in [3.8, 4) is 5.75 Å². The van der Waals surface area contributed by atoms with Crippen LogP contribution in [-0.2, 0) is 9.53 Å². The molecular formula is C18H18FNO4. The van der Waals surface area contributed by atoms with Crippen LogP contribution in [0.2, 0.25) is 0 Å². The number of carbonyl (C=O) groups excluding carboxylic acids is 2. The number of anilines is 1. The van der Waals surface area contributed by atoms with E-state index in [0.717, 1.165) is 6.07 Å². The van der Waals surface area contributed by atoms with Gasteiger partial charge in [-0.3, -0.25) is 4.79 Å². The summed E-state index contributed by atoms with van der Waals surface area (Å²) in [6, 6.07) is 10.9. The monoisotopic (exact) mass is 331 g/mol. The molecule has 24 heavy (non-hydrogen) atoms. The van der Waals surface area contributed by atoms with Gasteiger partial charge in [0.15, 0.2) is 6.61 Å². The van der Waals surface area contributed by atoms with Crippen LogP contribution in [0.5, 0.6) is 5.75 Å². The second-order valence-electron chi connectivity index (χ2n) is 5.02. The van der Waals surface area contributed by atoms with Crippen LogP contribution < -0.4 is 10.1 Å². The van der Waals surface area contributed by atoms with Crippen molar-refractivity contribution < 1.29 is 23.5 Å². The Balaban J connectivity index is 1.93. The Hall–Kier alpha value is -2.89. The molecule has 2 rings (SSSR count). The first-order valence-electron chi connectivity index (χ1n) is 7.46. The van der Waals surface area contributed by atoms with Crippen LogP contribution in [0.1, 0.15) is 22.8 Å². The molecule has 0 atom stereocenters. The Morgan fingerprint density at radius 3 is 2.62 bits per heavy atom. The SMILES string of the molecule is CCOc1ccccc1NC(=O)COC(=O)c1ccc(C)c(F)c1. The minimum atomic E-state index is -0.762. The summed E-state index contributed by atoms with van der Waals surface area (Å²) in [5, 5.41) is 2.61. The van der Waals surface area contributed by atoms with Gasteiger partial charge in [-0.1, -0.05) is 18.2 Å². The summed E-state index contributed by atoms with van der Waals surface area (Å²) < 4.78 is 23.7. The Morgan fingerprint density at radius 2 is 1.92 bits per heavy atom. The molecule has 0 fully saturated rings. The average Bonchev–Trinajstić information content (AvgIpc) is 2.57. The molecule has 0 bridgehead atoms. The van der Waals surface area contributed by atoms with E-state index in [2.05, 4.69) is 5.32 Å². The van der Waals surface area contributed by atoms with E-state index >= 15 is 0 Å². The van der Waals surface area contributed by atoms with Gasteiger partial charge in [-0.25, -0.2) is 9.18 Å². The van der Waals surface area contributed by atoms with Gasteiger partial charge in [-0.15, -0.1) is 0 Å². The molecule has 0 aliphatic rings. The Morgan fingerprint density at radius 1 is 1.17 bits per heavy atom. The van der Waals surface area contributed by atoms with E-state index in [1.165, 1.54) is 12.1 Å². The lowest BCUT2D eigenvalue weighted by Crippen LogP contribution is -2.21. The molecule has 126 valence electrons. The number of hydrogen-bond acceptors (Lipinski definition) is 4. The van der Waals surface area contributed by atoms with Gasteiger partial charge in [0.2, 0.25) is 0 Å². The molecule has 0 aromatic heterocycles. The molecule has 5 nitrogen and oxygen atoms in total. The normalized spacial score (nSPS) is 10.1. The van der Waals surface area contributed by atoms with Gasteiger partial charge in [-0.05, 0) is 43.7 Å². The lowest BCUT2D eigenvalue weighted by atomic mass is 10.1. The fraction of sp³-hybridized carbons (Fsp3) is 0.222. The quantitative estimate of drug-likeness (QED) is 0.825. The van der Waals surface area contributed by atoms with Crippen LogP contribution in [0.4, 0.5) is 10.1 Å². The number of amides is 1. The maximum absolute atomic E-state index is 13.4. The highest BCUT2D eigenvalue weighted by Crippen LogP contribution is 2.23. The molecule has 0 radical (unpaired) electrons. The van der Waals surface area contributed by atoms with Crippen molar-refractivity contribution >= 4 is 17.6 Å². The number of carbonyl (C=O) groups is 2. The zero-order valence-electron chi connectivity index (χ0n) is 13.5. The highest BCUT2D eigenvalue weighted by Gasteiger charge is 2.13. The number of hydrogen-bond donors (Lipinski definition) is 1. The topological polar surface area (TPSA) is 64.6 Å². The molecule has 2 aromatic rings. The predicted molar refractivity (Wildman–Crippen MR) is 87.7 cm³/mol. The lowest BCUT2D eigenvalue weighted by molar-refractivity contribution is -0.119. The molecule has 0 aliphatic heterocycles. The molecule has 0 aliphatic carbocycles. The third-order valence-electron chi connectivity index (χ3n) is 3.20. The number of ether oxygens (including phenoxy) is 2. The van der Waals surface area contributed by atoms with Crippen molar-refractivity contribution in [1.82, 2.24) is 0 Å². The Labute approximate surface area is 139 Å². The minimum Gasteiger partial charge on any atom is -0.492 e. The van der Waals surface area contributed by atoms with Gasteiger partial charge in [0.25, 0.3) is 5.91 Å². The zero-order valence-corrected chi connectivity index (χ0v) is 13.5. The van der Waals surface area contributed by atoms with Gasteiger partial charge in [0.1, 0.15) is 11.6 Å². The smallest absolute Gasteiger partial charge is 0.338 e. The highest BCUT2D eigenvalue weighted by atomic mass is 19.1. The maximum atomic E-state index is 13.4. The van der Waals surface area contributed by atoms with E-state index in [-0.39, 0.29) is 5.56 Å². The van der Waals surface area contributed by atoms with E-state index in [0.29, 0.717) is 23.6 Å². The fourth-order valence-corrected chi connectivity index (χ4v) is 1.97. The summed E-state index contributed by atoms with van der Waals surface area (Å²) in [6.45, 7) is 3.41. The standard InChI is InChI=1S/C18H18FNO4/c1-3-23-16-7-5-4-6-15(16)20-17(21)11-24-18(22)13-9-8-12(2)14(19)10-13/h4-10H,3,11H2,1-2H3,(H,20,21). The van der Waals surface area contributed by atoms with Crippen LogP contribution in [0.3, 0.4) is 0 Å². The number of para-hydroxylation sites is 2. The Bertz CT molecular complexity index is 746. The van der Waals surface area contributed by atoms with Crippen LogP contribution >= 0.6 is 0 Å². The number of aryl methyl sites for hydroxylation is 1. The van der Waals surface area contributed by atoms with Gasteiger partial charge in [0.05, 0.1) is 17.9 Å². The molecule has 0 heterocycles. The van der Waals surface area contributed by atoms with E-state index in [1.807, 2.05) is 6.92 Å². The molecular weight excluding hydrogens is 313 g/mol. The fourth-order valence-electron chi connectivity index (χ4n) is 1.97. The van der Waals surface area contributed by atoms with Crippen LogP contribution in [-0.4, -0.2) is 25.1 Å². The zero-order chi connectivity index (χ0) is 17.5. The maximum Gasteiger partial charge on any atom is 0.338 e. The number of benzene rings is 2. The number of rotatable bonds is 6. The third-order valence-corrected chi connectivity index (χ3v) is 3.20. The summed E-state index contributed by atoms with van der Waals surface area (Å²) in [5.41, 5.74) is 0.972. The number of nitrogens with one attached hydrogen (secondary N) is 1. The molecule has 6 heteroatoms. The van der Waals surface area contributed by atoms with Crippen molar-refractivity contribution in [2.75, 3.05) is 18.5 Å². The first-order chi connectivity index (χ1) is 11.5. The largest absolute Gasteiger partial charge is 0.492 e. The van der Waals surface area contributed by atoms with Gasteiger partial charge in [0, 0.05) is 0 Å². The summed E-state index contributed by atoms with van der Waals surface area (Å²) >= 11 is 0. The van der Waals surface area contributed by atoms with Crippen molar-refractivity contribution in [2.45, 2.75) is 13.8 Å². The van der Waals surface area contributed by atoms with Crippen LogP contribution in [0.25, 0.3) is 0 Å².